The molecule has 1 aromatic heterocycles. The van der Waals surface area contributed by atoms with Crippen molar-refractivity contribution in [1.82, 2.24) is 20.4 Å². The highest BCUT2D eigenvalue weighted by molar-refractivity contribution is 5.98. The fraction of sp³-hybridized carbons (Fsp3) is 0.320. The van der Waals surface area contributed by atoms with Gasteiger partial charge < -0.3 is 24.8 Å². The number of methoxy groups -OCH3 is 3. The monoisotopic (exact) mass is 466 g/mol. The highest BCUT2D eigenvalue weighted by Crippen LogP contribution is 2.22. The number of rotatable bonds is 10. The molecular weight excluding hydrogens is 436 g/mol. The van der Waals surface area contributed by atoms with E-state index < -0.39 is 11.9 Å². The fourth-order valence-electron chi connectivity index (χ4n) is 3.32. The molecule has 0 spiro atoms. The van der Waals surface area contributed by atoms with E-state index in [0.29, 0.717) is 22.8 Å². The predicted octanol–water partition coefficient (Wildman–Crippen LogP) is 2.97. The quantitative estimate of drug-likeness (QED) is 0.476. The summed E-state index contributed by atoms with van der Waals surface area (Å²) in [6.07, 6.45) is 1.82. The lowest BCUT2D eigenvalue weighted by molar-refractivity contribution is -0.124. The van der Waals surface area contributed by atoms with Gasteiger partial charge in [-0.1, -0.05) is 13.8 Å². The Balaban J connectivity index is 1.64. The molecule has 2 N–H and O–H groups in total. The van der Waals surface area contributed by atoms with Gasteiger partial charge in [-0.2, -0.15) is 5.10 Å². The first-order chi connectivity index (χ1) is 16.3. The van der Waals surface area contributed by atoms with Crippen LogP contribution in [0.3, 0.4) is 0 Å². The van der Waals surface area contributed by atoms with Crippen LogP contribution in [0, 0.1) is 5.92 Å². The van der Waals surface area contributed by atoms with Crippen LogP contribution in [-0.2, 0) is 11.3 Å². The molecule has 1 unspecified atom stereocenters. The van der Waals surface area contributed by atoms with E-state index in [1.165, 1.54) is 14.2 Å². The van der Waals surface area contributed by atoms with Crippen molar-refractivity contribution in [3.05, 3.63) is 66.0 Å². The third-order valence-corrected chi connectivity index (χ3v) is 5.27. The second-order valence-electron chi connectivity index (χ2n) is 7.96. The van der Waals surface area contributed by atoms with Gasteiger partial charge in [-0.25, -0.2) is 4.68 Å². The Morgan fingerprint density at radius 2 is 1.53 bits per heavy atom. The molecular formula is C25H30N4O5. The Hall–Kier alpha value is -4.01. The van der Waals surface area contributed by atoms with Crippen molar-refractivity contribution in [2.24, 2.45) is 5.92 Å². The minimum absolute atomic E-state index is 0.131. The zero-order valence-electron chi connectivity index (χ0n) is 20.0. The number of carbonyl (C=O) groups excluding carboxylic acids is 2. The van der Waals surface area contributed by atoms with Crippen molar-refractivity contribution >= 4 is 11.8 Å². The van der Waals surface area contributed by atoms with Gasteiger partial charge in [0.15, 0.2) is 0 Å². The molecule has 1 heterocycles. The highest BCUT2D eigenvalue weighted by atomic mass is 16.5. The maximum Gasteiger partial charge on any atom is 0.252 e. The summed E-state index contributed by atoms with van der Waals surface area (Å²) >= 11 is 0. The number of benzene rings is 2. The minimum Gasteiger partial charge on any atom is -0.497 e. The van der Waals surface area contributed by atoms with Crippen molar-refractivity contribution in [2.45, 2.75) is 26.4 Å². The van der Waals surface area contributed by atoms with Gasteiger partial charge in [0.2, 0.25) is 5.91 Å². The molecule has 2 aromatic carbocycles. The Kier molecular flexibility index (Phi) is 8.13. The molecule has 9 heteroatoms. The lowest BCUT2D eigenvalue weighted by atomic mass is 10.0. The number of nitrogens with zero attached hydrogens (tertiary/aromatic N) is 2. The minimum atomic E-state index is -0.728. The summed E-state index contributed by atoms with van der Waals surface area (Å²) in [4.78, 5) is 25.7. The van der Waals surface area contributed by atoms with Crippen molar-refractivity contribution in [2.75, 3.05) is 21.3 Å². The van der Waals surface area contributed by atoms with E-state index in [1.54, 1.807) is 30.0 Å². The first kappa shape index (κ1) is 24.6. The molecule has 1 atom stereocenters. The largest absolute Gasteiger partial charge is 0.497 e. The average molecular weight is 467 g/mol. The summed E-state index contributed by atoms with van der Waals surface area (Å²) in [6.45, 7) is 3.97. The Morgan fingerprint density at radius 3 is 2.09 bits per heavy atom. The van der Waals surface area contributed by atoms with Crippen LogP contribution in [-0.4, -0.2) is 49.0 Å². The topological polar surface area (TPSA) is 104 Å². The summed E-state index contributed by atoms with van der Waals surface area (Å²) in [6, 6.07) is 13.5. The summed E-state index contributed by atoms with van der Waals surface area (Å²) in [5.41, 5.74) is 1.91. The number of carbonyl (C=O) groups is 2. The van der Waals surface area contributed by atoms with E-state index in [4.69, 9.17) is 14.2 Å². The molecule has 3 rings (SSSR count). The van der Waals surface area contributed by atoms with Gasteiger partial charge in [-0.3, -0.25) is 9.59 Å². The molecule has 0 radical (unpaired) electrons. The standard InChI is InChI=1S/C25H30N4O5/c1-16(2)23(27-24(30)17-12-21(33-4)14-22(13-17)34-5)25(31)26-15-18-10-11-29(28-18)19-6-8-20(32-3)9-7-19/h6-14,16,23H,15H2,1-5H3,(H,26,31)(H,27,30). The summed E-state index contributed by atoms with van der Waals surface area (Å²) in [5.74, 6) is 0.919. The van der Waals surface area contributed by atoms with Crippen LogP contribution in [0.1, 0.15) is 29.9 Å². The summed E-state index contributed by atoms with van der Waals surface area (Å²) in [7, 11) is 4.64. The first-order valence-electron chi connectivity index (χ1n) is 10.8. The second-order valence-corrected chi connectivity index (χ2v) is 7.96. The molecule has 9 nitrogen and oxygen atoms in total. The van der Waals surface area contributed by atoms with Gasteiger partial charge in [0.1, 0.15) is 23.3 Å². The van der Waals surface area contributed by atoms with E-state index in [2.05, 4.69) is 15.7 Å². The number of hydrogen-bond acceptors (Lipinski definition) is 6. The normalized spacial score (nSPS) is 11.6. The van der Waals surface area contributed by atoms with Crippen molar-refractivity contribution < 1.29 is 23.8 Å². The van der Waals surface area contributed by atoms with E-state index in [9.17, 15) is 9.59 Å². The molecule has 3 aromatic rings. The van der Waals surface area contributed by atoms with E-state index >= 15 is 0 Å². The molecule has 0 aliphatic rings. The predicted molar refractivity (Wildman–Crippen MR) is 128 cm³/mol. The zero-order valence-corrected chi connectivity index (χ0v) is 20.0. The highest BCUT2D eigenvalue weighted by Gasteiger charge is 2.25. The van der Waals surface area contributed by atoms with Crippen LogP contribution in [0.5, 0.6) is 17.2 Å². The Bertz CT molecular complexity index is 1100. The maximum absolute atomic E-state index is 12.9. The van der Waals surface area contributed by atoms with Gasteiger partial charge in [0.25, 0.3) is 5.91 Å². The smallest absolute Gasteiger partial charge is 0.252 e. The molecule has 0 saturated carbocycles. The first-order valence-corrected chi connectivity index (χ1v) is 10.8. The number of nitrogens with one attached hydrogen (secondary N) is 2. The third kappa shape index (κ3) is 6.06. The van der Waals surface area contributed by atoms with Crippen molar-refractivity contribution in [1.29, 1.82) is 0 Å². The van der Waals surface area contributed by atoms with Gasteiger partial charge in [-0.15, -0.1) is 0 Å². The SMILES string of the molecule is COc1ccc(-n2ccc(CNC(=O)C(NC(=O)c3cc(OC)cc(OC)c3)C(C)C)n2)cc1. The second kappa shape index (κ2) is 11.2. The van der Waals surface area contributed by atoms with Crippen molar-refractivity contribution in [3.8, 4) is 22.9 Å². The summed E-state index contributed by atoms with van der Waals surface area (Å²) in [5, 5.41) is 10.2. The van der Waals surface area contributed by atoms with Crippen LogP contribution in [0.4, 0.5) is 0 Å². The van der Waals surface area contributed by atoms with Crippen LogP contribution < -0.4 is 24.8 Å². The molecule has 180 valence electrons. The number of hydrogen-bond donors (Lipinski definition) is 2. The Morgan fingerprint density at radius 1 is 0.912 bits per heavy atom. The van der Waals surface area contributed by atoms with Crippen LogP contribution >= 0.6 is 0 Å². The lowest BCUT2D eigenvalue weighted by Crippen LogP contribution is -2.49. The van der Waals surface area contributed by atoms with Crippen LogP contribution in [0.15, 0.2) is 54.7 Å². The van der Waals surface area contributed by atoms with Gasteiger partial charge >= 0.3 is 0 Å². The number of amides is 2. The number of aromatic nitrogens is 2. The van der Waals surface area contributed by atoms with Gasteiger partial charge in [0.05, 0.1) is 39.3 Å². The lowest BCUT2D eigenvalue weighted by Gasteiger charge is -2.22. The zero-order chi connectivity index (χ0) is 24.7. The van der Waals surface area contributed by atoms with Gasteiger partial charge in [-0.05, 0) is 48.4 Å². The van der Waals surface area contributed by atoms with E-state index in [0.717, 1.165) is 11.4 Å². The molecule has 0 aliphatic carbocycles. The van der Waals surface area contributed by atoms with E-state index in [-0.39, 0.29) is 18.4 Å². The Labute approximate surface area is 199 Å². The van der Waals surface area contributed by atoms with Crippen molar-refractivity contribution in [3.63, 3.8) is 0 Å². The summed E-state index contributed by atoms with van der Waals surface area (Å²) < 4.78 is 17.3. The van der Waals surface area contributed by atoms with Gasteiger partial charge in [0, 0.05) is 17.8 Å². The number of ether oxygens (including phenoxy) is 3. The van der Waals surface area contributed by atoms with Crippen LogP contribution in [0.2, 0.25) is 0 Å². The van der Waals surface area contributed by atoms with Crippen LogP contribution in [0.25, 0.3) is 5.69 Å². The molecule has 0 saturated heterocycles. The molecule has 0 fully saturated rings. The average Bonchev–Trinajstić information content (AvgIpc) is 3.34. The van der Waals surface area contributed by atoms with E-state index in [1.807, 2.05) is 50.4 Å². The fourth-order valence-corrected chi connectivity index (χ4v) is 3.32. The molecule has 34 heavy (non-hydrogen) atoms. The maximum atomic E-state index is 12.9. The molecule has 0 aliphatic heterocycles. The molecule has 0 bridgehead atoms. The third-order valence-electron chi connectivity index (χ3n) is 5.27. The molecule has 2 amide bonds.